The number of nitrogens with one attached hydrogen (secondary N) is 1. The minimum atomic E-state index is -0.354. The molecule has 0 unspecified atom stereocenters. The molecule has 0 fully saturated rings. The molecule has 0 bridgehead atoms. The van der Waals surface area contributed by atoms with E-state index < -0.39 is 0 Å². The highest BCUT2D eigenvalue weighted by Gasteiger charge is 2.26. The van der Waals surface area contributed by atoms with Crippen LogP contribution >= 0.6 is 11.8 Å². The van der Waals surface area contributed by atoms with Crippen LogP contribution in [0.15, 0.2) is 53.7 Å². The van der Waals surface area contributed by atoms with Gasteiger partial charge in [0.05, 0.1) is 0 Å². The first-order valence-electron chi connectivity index (χ1n) is 9.46. The molecule has 0 saturated carbocycles. The molecule has 2 heterocycles. The average molecular weight is 393 g/mol. The van der Waals surface area contributed by atoms with Gasteiger partial charge >= 0.3 is 0 Å². The van der Waals surface area contributed by atoms with Gasteiger partial charge in [-0.25, -0.2) is 0 Å². The van der Waals surface area contributed by atoms with Crippen molar-refractivity contribution in [2.45, 2.75) is 44.5 Å². The van der Waals surface area contributed by atoms with Crippen LogP contribution in [0.4, 0.5) is 5.69 Å². The van der Waals surface area contributed by atoms with Crippen LogP contribution in [-0.2, 0) is 5.41 Å². The molecular weight excluding hydrogens is 368 g/mol. The van der Waals surface area contributed by atoms with E-state index >= 15 is 0 Å². The summed E-state index contributed by atoms with van der Waals surface area (Å²) in [5.74, 6) is 1.39. The van der Waals surface area contributed by atoms with Crippen LogP contribution in [0.3, 0.4) is 0 Å². The molecule has 3 aromatic rings. The second-order valence-electron chi connectivity index (χ2n) is 7.74. The Balaban J connectivity index is 1.76. The van der Waals surface area contributed by atoms with Crippen molar-refractivity contribution in [2.24, 2.45) is 0 Å². The maximum absolute atomic E-state index is 6.30. The lowest BCUT2D eigenvalue weighted by atomic mass is 9.86. The highest BCUT2D eigenvalue weighted by atomic mass is 32.2. The number of fused-ring (bicyclic) bond motifs is 3. The summed E-state index contributed by atoms with van der Waals surface area (Å²) in [4.78, 5) is 4.62. The second-order valence-corrected chi connectivity index (χ2v) is 8.97. The van der Waals surface area contributed by atoms with Gasteiger partial charge in [-0.1, -0.05) is 81.9 Å². The first kappa shape index (κ1) is 18.7. The number of hydrogen-bond donors (Lipinski definition) is 1. The fraction of sp³-hybridized carbons (Fsp3) is 0.318. The van der Waals surface area contributed by atoms with Gasteiger partial charge in [0.1, 0.15) is 0 Å². The van der Waals surface area contributed by atoms with Gasteiger partial charge in [-0.3, -0.25) is 0 Å². The Hall–Kier alpha value is -2.60. The number of rotatable bonds is 3. The molecule has 1 atom stereocenters. The Morgan fingerprint density at radius 2 is 1.79 bits per heavy atom. The Morgan fingerprint density at radius 1 is 1.04 bits per heavy atom. The summed E-state index contributed by atoms with van der Waals surface area (Å²) < 4.78 is 6.30. The van der Waals surface area contributed by atoms with E-state index in [1.165, 1.54) is 5.56 Å². The molecule has 1 N–H and O–H groups in total. The number of nitrogens with zero attached hydrogens (tertiary/aromatic N) is 3. The molecule has 1 aliphatic rings. The van der Waals surface area contributed by atoms with Gasteiger partial charge in [-0.2, -0.15) is 4.98 Å². The number of para-hydroxylation sites is 1. The standard InChI is InChI=1S/C22H24N4OS/c1-5-28-21-24-20-18(25-26-21)16-8-6-7-9-17(16)23-19(27-20)14-10-12-15(13-11-14)22(2,3)4/h6-13,19,23H,5H2,1-4H3/t19-/m1/s1. The zero-order valence-corrected chi connectivity index (χ0v) is 17.4. The fourth-order valence-corrected chi connectivity index (χ4v) is 3.65. The third kappa shape index (κ3) is 3.69. The van der Waals surface area contributed by atoms with E-state index in [1.807, 2.05) is 24.3 Å². The predicted molar refractivity (Wildman–Crippen MR) is 114 cm³/mol. The zero-order chi connectivity index (χ0) is 19.7. The van der Waals surface area contributed by atoms with Gasteiger partial charge in [0.15, 0.2) is 11.9 Å². The molecule has 4 rings (SSSR count). The lowest BCUT2D eigenvalue weighted by Gasteiger charge is -2.22. The van der Waals surface area contributed by atoms with Gasteiger partial charge in [0, 0.05) is 16.8 Å². The Bertz CT molecular complexity index is 983. The lowest BCUT2D eigenvalue weighted by molar-refractivity contribution is 0.225. The summed E-state index contributed by atoms with van der Waals surface area (Å²) in [6.07, 6.45) is -0.354. The summed E-state index contributed by atoms with van der Waals surface area (Å²) in [6.45, 7) is 8.70. The highest BCUT2D eigenvalue weighted by molar-refractivity contribution is 7.99. The van der Waals surface area contributed by atoms with Gasteiger partial charge in [0.25, 0.3) is 0 Å². The molecule has 28 heavy (non-hydrogen) atoms. The van der Waals surface area contributed by atoms with Crippen molar-refractivity contribution in [2.75, 3.05) is 11.1 Å². The molecule has 0 saturated heterocycles. The van der Waals surface area contributed by atoms with E-state index in [-0.39, 0.29) is 11.6 Å². The third-order valence-corrected chi connectivity index (χ3v) is 5.41. The minimum Gasteiger partial charge on any atom is -0.448 e. The van der Waals surface area contributed by atoms with Crippen molar-refractivity contribution in [3.05, 3.63) is 59.7 Å². The third-order valence-electron chi connectivity index (χ3n) is 4.69. The molecule has 5 nitrogen and oxygen atoms in total. The largest absolute Gasteiger partial charge is 0.448 e. The first-order valence-corrected chi connectivity index (χ1v) is 10.4. The van der Waals surface area contributed by atoms with E-state index in [9.17, 15) is 0 Å². The molecule has 0 aliphatic carbocycles. The quantitative estimate of drug-likeness (QED) is 0.598. The zero-order valence-electron chi connectivity index (χ0n) is 16.6. The summed E-state index contributed by atoms with van der Waals surface area (Å²) >= 11 is 1.55. The first-order chi connectivity index (χ1) is 13.5. The Kier molecular flexibility index (Phi) is 4.98. The normalized spacial score (nSPS) is 15.6. The average Bonchev–Trinajstić information content (AvgIpc) is 2.84. The maximum Gasteiger partial charge on any atom is 0.247 e. The summed E-state index contributed by atoms with van der Waals surface area (Å²) in [5.41, 5.74) is 5.00. The van der Waals surface area contributed by atoms with E-state index in [2.05, 4.69) is 72.5 Å². The topological polar surface area (TPSA) is 59.9 Å². The molecule has 0 spiro atoms. The summed E-state index contributed by atoms with van der Waals surface area (Å²) in [7, 11) is 0. The second kappa shape index (κ2) is 7.43. The number of aromatic nitrogens is 3. The molecule has 1 aromatic heterocycles. The SMILES string of the molecule is CCSc1nnc2c(n1)O[C@H](c1ccc(C(C)(C)C)cc1)Nc1ccccc1-2. The van der Waals surface area contributed by atoms with Gasteiger partial charge in [-0.15, -0.1) is 10.2 Å². The van der Waals surface area contributed by atoms with Crippen LogP contribution in [0.5, 0.6) is 5.88 Å². The van der Waals surface area contributed by atoms with Crippen molar-refractivity contribution in [1.29, 1.82) is 0 Å². The predicted octanol–water partition coefficient (Wildman–Crippen LogP) is 5.45. The van der Waals surface area contributed by atoms with Gasteiger partial charge < -0.3 is 10.1 Å². The fourth-order valence-electron chi connectivity index (χ4n) is 3.15. The Labute approximate surface area is 170 Å². The number of anilines is 1. The van der Waals surface area contributed by atoms with Crippen LogP contribution in [0.1, 0.15) is 45.0 Å². The highest BCUT2D eigenvalue weighted by Crippen LogP contribution is 2.39. The monoisotopic (exact) mass is 392 g/mol. The van der Waals surface area contributed by atoms with Crippen LogP contribution in [0, 0.1) is 0 Å². The van der Waals surface area contributed by atoms with E-state index in [0.717, 1.165) is 22.6 Å². The van der Waals surface area contributed by atoms with Crippen LogP contribution in [0.25, 0.3) is 11.3 Å². The number of thioether (sulfide) groups is 1. The molecule has 1 aliphatic heterocycles. The van der Waals surface area contributed by atoms with Crippen LogP contribution in [-0.4, -0.2) is 20.9 Å². The van der Waals surface area contributed by atoms with Gasteiger partial charge in [-0.05, 0) is 22.8 Å². The number of hydrogen-bond acceptors (Lipinski definition) is 6. The maximum atomic E-state index is 6.30. The van der Waals surface area contributed by atoms with Crippen molar-refractivity contribution in [3.8, 4) is 17.1 Å². The summed E-state index contributed by atoms with van der Waals surface area (Å²) in [5, 5.41) is 12.8. The van der Waals surface area contributed by atoms with E-state index in [4.69, 9.17) is 4.74 Å². The molecule has 6 heteroatoms. The number of benzene rings is 2. The minimum absolute atomic E-state index is 0.110. The van der Waals surface area contributed by atoms with Crippen LogP contribution < -0.4 is 10.1 Å². The van der Waals surface area contributed by atoms with Gasteiger partial charge in [0.2, 0.25) is 11.0 Å². The molecule has 144 valence electrons. The molecule has 0 amide bonds. The molecule has 0 radical (unpaired) electrons. The molecule has 2 aromatic carbocycles. The van der Waals surface area contributed by atoms with Crippen molar-refractivity contribution < 1.29 is 4.74 Å². The smallest absolute Gasteiger partial charge is 0.247 e. The van der Waals surface area contributed by atoms with Crippen molar-refractivity contribution >= 4 is 17.4 Å². The van der Waals surface area contributed by atoms with E-state index in [0.29, 0.717) is 16.7 Å². The summed E-state index contributed by atoms with van der Waals surface area (Å²) in [6, 6.07) is 16.6. The Morgan fingerprint density at radius 3 is 2.50 bits per heavy atom. The lowest BCUT2D eigenvalue weighted by Crippen LogP contribution is -2.18. The number of ether oxygens (including phenoxy) is 1. The van der Waals surface area contributed by atoms with Crippen molar-refractivity contribution in [1.82, 2.24) is 15.2 Å². The van der Waals surface area contributed by atoms with Crippen LogP contribution in [0.2, 0.25) is 0 Å². The molecular formula is C22H24N4OS. The van der Waals surface area contributed by atoms with E-state index in [1.54, 1.807) is 11.8 Å². The van der Waals surface area contributed by atoms with Crippen molar-refractivity contribution in [3.63, 3.8) is 0 Å².